The van der Waals surface area contributed by atoms with E-state index < -0.39 is 0 Å². The van der Waals surface area contributed by atoms with Crippen molar-refractivity contribution in [1.29, 1.82) is 0 Å². The van der Waals surface area contributed by atoms with E-state index in [0.29, 0.717) is 0 Å². The minimum absolute atomic E-state index is 0. The maximum Gasteiger partial charge on any atom is 0.0234 e. The molecule has 1 atom stereocenters. The Balaban J connectivity index is 0.00000120. The maximum atomic E-state index is 3.43. The van der Waals surface area contributed by atoms with Crippen molar-refractivity contribution in [3.05, 3.63) is 35.4 Å². The van der Waals surface area contributed by atoms with Crippen LogP contribution in [0.4, 0.5) is 0 Å². The van der Waals surface area contributed by atoms with E-state index in [-0.39, 0.29) is 12.4 Å². The molecule has 1 aromatic rings. The average Bonchev–Trinajstić information content (AvgIpc) is 3.05. The average molecular weight is 267 g/mol. The van der Waals surface area contributed by atoms with Crippen LogP contribution in [0, 0.1) is 0 Å². The fraction of sp³-hybridized carbons (Fsp3) is 0.600. The summed E-state index contributed by atoms with van der Waals surface area (Å²) in [5.74, 6) is 0.876. The largest absolute Gasteiger partial charge is 0.315 e. The molecule has 2 fully saturated rings. The molecule has 0 radical (unpaired) electrons. The molecule has 18 heavy (non-hydrogen) atoms. The molecule has 1 saturated carbocycles. The zero-order chi connectivity index (χ0) is 11.7. The van der Waals surface area contributed by atoms with Gasteiger partial charge in [0, 0.05) is 19.1 Å². The van der Waals surface area contributed by atoms with Gasteiger partial charge in [-0.15, -0.1) is 12.4 Å². The lowest BCUT2D eigenvalue weighted by molar-refractivity contribution is 0.249. The van der Waals surface area contributed by atoms with Crippen LogP contribution in [-0.2, 0) is 6.54 Å². The second kappa shape index (κ2) is 6.05. The van der Waals surface area contributed by atoms with Gasteiger partial charge in [0.25, 0.3) is 0 Å². The predicted octanol–water partition coefficient (Wildman–Crippen LogP) is 2.78. The van der Waals surface area contributed by atoms with Crippen LogP contribution in [0.5, 0.6) is 0 Å². The number of likely N-dealkylation sites (N-methyl/N-ethyl adjacent to an activating group) is 1. The van der Waals surface area contributed by atoms with Crippen molar-refractivity contribution in [2.75, 3.05) is 20.1 Å². The van der Waals surface area contributed by atoms with Crippen LogP contribution in [0.2, 0.25) is 0 Å². The lowest BCUT2D eigenvalue weighted by Crippen LogP contribution is -2.32. The highest BCUT2D eigenvalue weighted by Crippen LogP contribution is 2.39. The number of nitrogens with one attached hydrogen (secondary N) is 1. The number of nitrogens with zero attached hydrogens (tertiary/aromatic N) is 1. The van der Waals surface area contributed by atoms with Crippen LogP contribution in [0.1, 0.15) is 36.3 Å². The van der Waals surface area contributed by atoms with E-state index in [2.05, 4.69) is 41.5 Å². The Labute approximate surface area is 116 Å². The zero-order valence-electron chi connectivity index (χ0n) is 11.1. The molecule has 1 aromatic carbocycles. The number of rotatable bonds is 4. The smallest absolute Gasteiger partial charge is 0.0234 e. The fourth-order valence-corrected chi connectivity index (χ4v) is 2.74. The van der Waals surface area contributed by atoms with E-state index >= 15 is 0 Å². The topological polar surface area (TPSA) is 15.3 Å². The Morgan fingerprint density at radius 1 is 1.17 bits per heavy atom. The number of hydrogen-bond donors (Lipinski definition) is 1. The van der Waals surface area contributed by atoms with Crippen LogP contribution in [0.25, 0.3) is 0 Å². The first kappa shape index (κ1) is 13.9. The second-order valence-corrected chi connectivity index (χ2v) is 5.58. The van der Waals surface area contributed by atoms with Gasteiger partial charge in [-0.05, 0) is 49.9 Å². The van der Waals surface area contributed by atoms with E-state index in [1.165, 1.54) is 31.4 Å². The van der Waals surface area contributed by atoms with Crippen LogP contribution < -0.4 is 5.32 Å². The van der Waals surface area contributed by atoms with E-state index in [9.17, 15) is 0 Å². The van der Waals surface area contributed by atoms with Gasteiger partial charge >= 0.3 is 0 Å². The van der Waals surface area contributed by atoms with E-state index in [1.54, 1.807) is 5.56 Å². The molecule has 3 rings (SSSR count). The second-order valence-electron chi connectivity index (χ2n) is 5.58. The summed E-state index contributed by atoms with van der Waals surface area (Å²) < 4.78 is 0. The number of hydrogen-bond acceptors (Lipinski definition) is 2. The molecule has 0 bridgehead atoms. The highest BCUT2D eigenvalue weighted by molar-refractivity contribution is 5.85. The lowest BCUT2D eigenvalue weighted by Gasteiger charge is -2.23. The highest BCUT2D eigenvalue weighted by Gasteiger charge is 2.23. The first-order valence-electron chi connectivity index (χ1n) is 6.83. The summed E-state index contributed by atoms with van der Waals surface area (Å²) in [4.78, 5) is 2.48. The predicted molar refractivity (Wildman–Crippen MR) is 78.4 cm³/mol. The van der Waals surface area contributed by atoms with Gasteiger partial charge in [0.1, 0.15) is 0 Å². The van der Waals surface area contributed by atoms with E-state index in [4.69, 9.17) is 0 Å². The maximum absolute atomic E-state index is 3.43. The van der Waals surface area contributed by atoms with Gasteiger partial charge in [-0.25, -0.2) is 0 Å². The SMILES string of the molecule is CN(Cc1ccc(C2CC2)cc1)C1CCNC1.Cl. The zero-order valence-corrected chi connectivity index (χ0v) is 11.9. The number of benzene rings is 1. The lowest BCUT2D eigenvalue weighted by atomic mass is 10.1. The molecule has 0 aromatic heterocycles. The van der Waals surface area contributed by atoms with Crippen molar-refractivity contribution in [3.8, 4) is 0 Å². The Kier molecular flexibility index (Phi) is 4.66. The molecule has 1 N–H and O–H groups in total. The third-order valence-corrected chi connectivity index (χ3v) is 4.12. The quantitative estimate of drug-likeness (QED) is 0.902. The third kappa shape index (κ3) is 3.25. The van der Waals surface area contributed by atoms with Crippen molar-refractivity contribution >= 4 is 12.4 Å². The molecular weight excluding hydrogens is 244 g/mol. The van der Waals surface area contributed by atoms with Crippen molar-refractivity contribution in [3.63, 3.8) is 0 Å². The number of halogens is 1. The van der Waals surface area contributed by atoms with E-state index in [0.717, 1.165) is 25.0 Å². The minimum Gasteiger partial charge on any atom is -0.315 e. The first-order valence-corrected chi connectivity index (χ1v) is 6.83. The molecule has 100 valence electrons. The van der Waals surface area contributed by atoms with Crippen LogP contribution in [-0.4, -0.2) is 31.1 Å². The Bertz CT molecular complexity index is 367. The highest BCUT2D eigenvalue weighted by atomic mass is 35.5. The van der Waals surface area contributed by atoms with Gasteiger partial charge in [-0.1, -0.05) is 24.3 Å². The van der Waals surface area contributed by atoms with Crippen molar-refractivity contribution in [2.24, 2.45) is 0 Å². The van der Waals surface area contributed by atoms with Gasteiger partial charge in [0.05, 0.1) is 0 Å². The Morgan fingerprint density at radius 3 is 2.44 bits per heavy atom. The normalized spacial score (nSPS) is 23.1. The Hall–Kier alpha value is -0.570. The molecule has 0 amide bonds. The monoisotopic (exact) mass is 266 g/mol. The summed E-state index contributed by atoms with van der Waals surface area (Å²) >= 11 is 0. The van der Waals surface area contributed by atoms with Crippen molar-refractivity contribution < 1.29 is 0 Å². The molecule has 0 spiro atoms. The molecule has 1 aliphatic heterocycles. The molecule has 1 aliphatic carbocycles. The third-order valence-electron chi connectivity index (χ3n) is 4.12. The molecule has 2 aliphatic rings. The molecule has 1 saturated heterocycles. The van der Waals surface area contributed by atoms with Gasteiger partial charge in [0.15, 0.2) is 0 Å². The van der Waals surface area contributed by atoms with Crippen LogP contribution >= 0.6 is 12.4 Å². The van der Waals surface area contributed by atoms with Crippen molar-refractivity contribution in [2.45, 2.75) is 37.8 Å². The summed E-state index contributed by atoms with van der Waals surface area (Å²) in [6.45, 7) is 3.41. The van der Waals surface area contributed by atoms with Gasteiger partial charge in [-0.3, -0.25) is 4.90 Å². The van der Waals surface area contributed by atoms with Gasteiger partial charge in [0.2, 0.25) is 0 Å². The molecule has 1 unspecified atom stereocenters. The summed E-state index contributed by atoms with van der Waals surface area (Å²) in [5.41, 5.74) is 2.99. The minimum atomic E-state index is 0. The summed E-state index contributed by atoms with van der Waals surface area (Å²) in [6.07, 6.45) is 4.08. The van der Waals surface area contributed by atoms with E-state index in [1.807, 2.05) is 0 Å². The van der Waals surface area contributed by atoms with Crippen LogP contribution in [0.15, 0.2) is 24.3 Å². The fourth-order valence-electron chi connectivity index (χ4n) is 2.74. The van der Waals surface area contributed by atoms with Crippen LogP contribution in [0.3, 0.4) is 0 Å². The summed E-state index contributed by atoms with van der Waals surface area (Å²) in [6, 6.07) is 10.00. The van der Waals surface area contributed by atoms with Gasteiger partial charge in [-0.2, -0.15) is 0 Å². The molecular formula is C15H23ClN2. The van der Waals surface area contributed by atoms with Gasteiger partial charge < -0.3 is 5.32 Å². The Morgan fingerprint density at radius 2 is 1.89 bits per heavy atom. The molecule has 3 heteroatoms. The molecule has 2 nitrogen and oxygen atoms in total. The summed E-state index contributed by atoms with van der Waals surface area (Å²) in [7, 11) is 2.24. The first-order chi connectivity index (χ1) is 8.33. The summed E-state index contributed by atoms with van der Waals surface area (Å²) in [5, 5.41) is 3.43. The standard InChI is InChI=1S/C15H22N2.ClH/c1-17(15-8-9-16-10-15)11-12-2-4-13(5-3-12)14-6-7-14;/h2-5,14-16H,6-11H2,1H3;1H. The molecule has 1 heterocycles. The van der Waals surface area contributed by atoms with Crippen molar-refractivity contribution in [1.82, 2.24) is 10.2 Å².